The van der Waals surface area contributed by atoms with Crippen molar-refractivity contribution >= 4 is 33.5 Å². The Morgan fingerprint density at radius 3 is 2.51 bits per heavy atom. The van der Waals surface area contributed by atoms with Gasteiger partial charge in [0.1, 0.15) is 17.2 Å². The summed E-state index contributed by atoms with van der Waals surface area (Å²) in [7, 11) is -4.39. The number of fused-ring (bicyclic) bond motifs is 1. The van der Waals surface area contributed by atoms with Gasteiger partial charge >= 0.3 is 6.09 Å². The highest BCUT2D eigenvalue weighted by molar-refractivity contribution is 7.89. The van der Waals surface area contributed by atoms with Crippen LogP contribution in [0.5, 0.6) is 0 Å². The number of benzene rings is 2. The fourth-order valence-electron chi connectivity index (χ4n) is 3.86. The number of hydrogen-bond donors (Lipinski definition) is 1. The zero-order valence-electron chi connectivity index (χ0n) is 19.2. The Balaban J connectivity index is 1.73. The third-order valence-electron chi connectivity index (χ3n) is 5.51. The molecule has 1 aromatic heterocycles. The van der Waals surface area contributed by atoms with Gasteiger partial charge in [-0.15, -0.1) is 5.10 Å². The Morgan fingerprint density at radius 2 is 1.86 bits per heavy atom. The molecule has 12 nitrogen and oxygen atoms in total. The minimum absolute atomic E-state index is 0.0109. The number of para-hydroxylation sites is 1. The van der Waals surface area contributed by atoms with Crippen molar-refractivity contribution in [2.45, 2.75) is 24.8 Å². The summed E-state index contributed by atoms with van der Waals surface area (Å²) < 4.78 is 60.4. The first-order chi connectivity index (χ1) is 17.5. The summed E-state index contributed by atoms with van der Waals surface area (Å²) in [6, 6.07) is 7.03. The summed E-state index contributed by atoms with van der Waals surface area (Å²) in [4.78, 5) is 35.3. The molecule has 0 fully saturated rings. The van der Waals surface area contributed by atoms with Crippen LogP contribution in [-0.2, 0) is 27.7 Å². The molecule has 2 aromatic carbocycles. The van der Waals surface area contributed by atoms with E-state index in [2.05, 4.69) is 10.4 Å². The number of anilines is 1. The van der Waals surface area contributed by atoms with E-state index in [9.17, 15) is 36.9 Å². The number of carbonyl (C=O) groups excluding carboxylic acids is 2. The number of nitro groups is 1. The molecule has 4 rings (SSSR count). The molecule has 1 aliphatic heterocycles. The van der Waals surface area contributed by atoms with Gasteiger partial charge < -0.3 is 10.1 Å². The van der Waals surface area contributed by atoms with Gasteiger partial charge in [0.15, 0.2) is 5.82 Å². The molecule has 0 saturated carbocycles. The predicted molar refractivity (Wildman–Crippen MR) is 123 cm³/mol. The van der Waals surface area contributed by atoms with Gasteiger partial charge in [0, 0.05) is 37.2 Å². The lowest BCUT2D eigenvalue weighted by molar-refractivity contribution is -0.385. The van der Waals surface area contributed by atoms with Gasteiger partial charge in [-0.25, -0.2) is 22.0 Å². The molecule has 1 amide bonds. The number of aromatic nitrogens is 2. The smallest absolute Gasteiger partial charge is 0.434 e. The molecule has 0 atom stereocenters. The summed E-state index contributed by atoms with van der Waals surface area (Å²) >= 11 is 0. The number of sulfonamides is 1. The number of nitrogens with one attached hydrogen (secondary N) is 1. The van der Waals surface area contributed by atoms with Gasteiger partial charge in [-0.3, -0.25) is 14.9 Å². The van der Waals surface area contributed by atoms with Crippen molar-refractivity contribution in [1.29, 1.82) is 0 Å². The third-order valence-corrected chi connectivity index (χ3v) is 7.34. The SMILES string of the molecule is CCOC(=O)n1nc(NC(=O)c2ccccc2[N+](=O)[O-])c2c1CCN(S(=O)(=O)c1cc(F)cc(F)c1)C2. The van der Waals surface area contributed by atoms with Crippen molar-refractivity contribution < 1.29 is 36.4 Å². The molecule has 0 bridgehead atoms. The van der Waals surface area contributed by atoms with Gasteiger partial charge in [-0.1, -0.05) is 12.1 Å². The van der Waals surface area contributed by atoms with E-state index in [4.69, 9.17) is 4.74 Å². The number of nitro benzene ring substituents is 1. The Morgan fingerprint density at radius 1 is 1.19 bits per heavy atom. The molecule has 0 unspecified atom stereocenters. The minimum Gasteiger partial charge on any atom is -0.448 e. The van der Waals surface area contributed by atoms with Crippen LogP contribution in [0.25, 0.3) is 0 Å². The predicted octanol–water partition coefficient (Wildman–Crippen LogP) is 3.07. The second kappa shape index (κ2) is 10.0. The van der Waals surface area contributed by atoms with Crippen LogP contribution in [0.4, 0.5) is 25.1 Å². The Hall–Kier alpha value is -4.24. The number of carbonyl (C=O) groups is 2. The second-order valence-corrected chi connectivity index (χ2v) is 9.74. The molecule has 1 aliphatic rings. The number of ether oxygens (including phenoxy) is 1. The van der Waals surface area contributed by atoms with Crippen LogP contribution in [-0.4, -0.2) is 52.6 Å². The van der Waals surface area contributed by atoms with E-state index in [0.29, 0.717) is 18.2 Å². The highest BCUT2D eigenvalue weighted by Gasteiger charge is 2.35. The van der Waals surface area contributed by atoms with Crippen molar-refractivity contribution in [3.63, 3.8) is 0 Å². The summed E-state index contributed by atoms with van der Waals surface area (Å²) in [5, 5.41) is 17.8. The van der Waals surface area contributed by atoms with E-state index in [1.54, 1.807) is 6.92 Å². The average molecular weight is 535 g/mol. The molecule has 194 valence electrons. The highest BCUT2D eigenvalue weighted by Crippen LogP contribution is 2.31. The van der Waals surface area contributed by atoms with Crippen molar-refractivity contribution in [3.8, 4) is 0 Å². The van der Waals surface area contributed by atoms with Crippen LogP contribution in [0.2, 0.25) is 0 Å². The summed E-state index contributed by atoms with van der Waals surface area (Å²) in [5.41, 5.74) is -0.404. The van der Waals surface area contributed by atoms with Crippen molar-refractivity contribution in [2.75, 3.05) is 18.5 Å². The first-order valence-electron chi connectivity index (χ1n) is 10.8. The molecule has 0 radical (unpaired) electrons. The van der Waals surface area contributed by atoms with Gasteiger partial charge in [-0.05, 0) is 25.1 Å². The lowest BCUT2D eigenvalue weighted by Crippen LogP contribution is -2.37. The molecule has 1 N–H and O–H groups in total. The van der Waals surface area contributed by atoms with Crippen molar-refractivity contribution in [1.82, 2.24) is 14.1 Å². The number of nitrogens with zero attached hydrogens (tertiary/aromatic N) is 4. The van der Waals surface area contributed by atoms with E-state index in [0.717, 1.165) is 15.1 Å². The molecule has 0 saturated heterocycles. The lowest BCUT2D eigenvalue weighted by Gasteiger charge is -2.27. The van der Waals surface area contributed by atoms with Crippen LogP contribution in [0.15, 0.2) is 47.4 Å². The molecular formula is C22H19F2N5O7S. The van der Waals surface area contributed by atoms with E-state index in [1.807, 2.05) is 0 Å². The molecule has 0 aliphatic carbocycles. The largest absolute Gasteiger partial charge is 0.448 e. The fraction of sp³-hybridized carbons (Fsp3) is 0.227. The topological polar surface area (TPSA) is 154 Å². The highest BCUT2D eigenvalue weighted by atomic mass is 32.2. The van der Waals surface area contributed by atoms with E-state index in [1.165, 1.54) is 18.2 Å². The Labute approximate surface area is 208 Å². The average Bonchev–Trinajstić information content (AvgIpc) is 3.21. The van der Waals surface area contributed by atoms with Crippen LogP contribution in [0, 0.1) is 21.7 Å². The Kier molecular flexibility index (Phi) is 7.00. The second-order valence-electron chi connectivity index (χ2n) is 7.81. The van der Waals surface area contributed by atoms with E-state index in [-0.39, 0.29) is 42.2 Å². The molecular weight excluding hydrogens is 516 g/mol. The van der Waals surface area contributed by atoms with Crippen molar-refractivity contribution in [2.24, 2.45) is 0 Å². The summed E-state index contributed by atoms with van der Waals surface area (Å²) in [5.74, 6) is -3.31. The lowest BCUT2D eigenvalue weighted by atomic mass is 10.1. The number of amides is 1. The zero-order chi connectivity index (χ0) is 26.9. The quantitative estimate of drug-likeness (QED) is 0.373. The van der Waals surface area contributed by atoms with Gasteiger partial charge in [0.2, 0.25) is 10.0 Å². The first-order valence-corrected chi connectivity index (χ1v) is 12.3. The van der Waals surface area contributed by atoms with Crippen LogP contribution in [0.1, 0.15) is 28.5 Å². The maximum absolute atomic E-state index is 13.7. The van der Waals surface area contributed by atoms with Crippen LogP contribution >= 0.6 is 0 Å². The number of hydrogen-bond acceptors (Lipinski definition) is 8. The number of rotatable bonds is 6. The summed E-state index contributed by atoms with van der Waals surface area (Å²) in [6.45, 7) is 0.992. The van der Waals surface area contributed by atoms with E-state index >= 15 is 0 Å². The van der Waals surface area contributed by atoms with Gasteiger partial charge in [-0.2, -0.15) is 8.99 Å². The molecule has 37 heavy (non-hydrogen) atoms. The molecule has 0 spiro atoms. The number of halogens is 2. The Bertz CT molecular complexity index is 1500. The third kappa shape index (κ3) is 5.03. The maximum atomic E-state index is 13.7. The molecule has 2 heterocycles. The minimum atomic E-state index is -4.39. The van der Waals surface area contributed by atoms with E-state index < -0.39 is 55.7 Å². The molecule has 15 heteroatoms. The summed E-state index contributed by atoms with van der Waals surface area (Å²) in [6.07, 6.45) is -0.937. The van der Waals surface area contributed by atoms with Crippen molar-refractivity contribution in [3.05, 3.63) is 81.0 Å². The zero-order valence-corrected chi connectivity index (χ0v) is 20.0. The monoisotopic (exact) mass is 535 g/mol. The van der Waals surface area contributed by atoms with Crippen LogP contribution < -0.4 is 5.32 Å². The fourth-order valence-corrected chi connectivity index (χ4v) is 5.31. The first kappa shape index (κ1) is 25.8. The maximum Gasteiger partial charge on any atom is 0.434 e. The normalized spacial score (nSPS) is 13.6. The van der Waals surface area contributed by atoms with Gasteiger partial charge in [0.05, 0.1) is 22.1 Å². The van der Waals surface area contributed by atoms with Crippen LogP contribution in [0.3, 0.4) is 0 Å². The molecule has 3 aromatic rings. The van der Waals surface area contributed by atoms with Gasteiger partial charge in [0.25, 0.3) is 11.6 Å². The standard InChI is InChI=1S/C22H19F2N5O7S/c1-2-36-22(31)28-18-7-8-27(37(34,35)15-10-13(23)9-14(24)11-15)12-17(18)20(26-28)25-21(30)16-5-3-4-6-19(16)29(32)33/h3-6,9-11H,2,7-8,12H2,1H3,(H,25,26,30).